The maximum atomic E-state index is 12.0. The van der Waals surface area contributed by atoms with Crippen LogP contribution in [0.1, 0.15) is 11.6 Å². The molecule has 102 valence electrons. The normalized spacial score (nSPS) is 11.6. The van der Waals surface area contributed by atoms with Crippen LogP contribution in [0.2, 0.25) is 0 Å². The largest absolute Gasteiger partial charge is 0.454 e. The molecule has 0 unspecified atom stereocenters. The van der Waals surface area contributed by atoms with Gasteiger partial charge < -0.3 is 4.74 Å². The molecule has 0 amide bonds. The van der Waals surface area contributed by atoms with Gasteiger partial charge in [0, 0.05) is 12.3 Å². The summed E-state index contributed by atoms with van der Waals surface area (Å²) in [6.07, 6.45) is -3.14. The molecule has 6 nitrogen and oxygen atoms in total. The van der Waals surface area contributed by atoms with Gasteiger partial charge in [0.2, 0.25) is 0 Å². The first kappa shape index (κ1) is 13.2. The Balaban J connectivity index is 2.22. The summed E-state index contributed by atoms with van der Waals surface area (Å²) in [4.78, 5) is 11.5. The van der Waals surface area contributed by atoms with E-state index in [2.05, 4.69) is 24.8 Å². The maximum Gasteiger partial charge on any atom is 0.422 e. The van der Waals surface area contributed by atoms with Gasteiger partial charge in [0.05, 0.1) is 0 Å². The molecule has 0 aromatic carbocycles. The lowest BCUT2D eigenvalue weighted by Crippen LogP contribution is -2.20. The van der Waals surface area contributed by atoms with Crippen LogP contribution in [0.5, 0.6) is 6.01 Å². The van der Waals surface area contributed by atoms with Crippen LogP contribution in [0.4, 0.5) is 13.2 Å². The Kier molecular flexibility index (Phi) is 3.36. The molecule has 0 saturated carbocycles. The van der Waals surface area contributed by atoms with E-state index in [9.17, 15) is 13.2 Å². The Hall–Kier alpha value is -2.19. The summed E-state index contributed by atoms with van der Waals surface area (Å²) in [6.45, 7) is 1.97. The predicted octanol–water partition coefficient (Wildman–Crippen LogP) is 1.62. The van der Waals surface area contributed by atoms with Crippen LogP contribution in [0, 0.1) is 13.8 Å². The number of nitrogens with zero attached hydrogens (tertiary/aromatic N) is 5. The molecule has 0 spiro atoms. The van der Waals surface area contributed by atoms with Gasteiger partial charge in [0.15, 0.2) is 12.4 Å². The summed E-state index contributed by atoms with van der Waals surface area (Å²) in [5, 5.41) is 4.07. The Morgan fingerprint density at radius 3 is 2.58 bits per heavy atom. The highest BCUT2D eigenvalue weighted by Crippen LogP contribution is 2.16. The van der Waals surface area contributed by atoms with E-state index in [0.29, 0.717) is 17.5 Å². The number of ether oxygens (including phenoxy) is 1. The molecule has 0 aliphatic carbocycles. The quantitative estimate of drug-likeness (QED) is 0.850. The van der Waals surface area contributed by atoms with Crippen LogP contribution >= 0.6 is 0 Å². The summed E-state index contributed by atoms with van der Waals surface area (Å²) < 4.78 is 41.9. The number of aromatic nitrogens is 5. The predicted molar refractivity (Wildman–Crippen MR) is 58.0 cm³/mol. The van der Waals surface area contributed by atoms with Crippen molar-refractivity contribution < 1.29 is 17.9 Å². The molecule has 0 aliphatic heterocycles. The van der Waals surface area contributed by atoms with Crippen molar-refractivity contribution in [3.8, 4) is 11.8 Å². The van der Waals surface area contributed by atoms with Gasteiger partial charge in [-0.1, -0.05) is 0 Å². The highest BCUT2D eigenvalue weighted by molar-refractivity contribution is 5.22. The van der Waals surface area contributed by atoms with Crippen LogP contribution in [0.15, 0.2) is 12.3 Å². The number of rotatable bonds is 3. The summed E-state index contributed by atoms with van der Waals surface area (Å²) in [6, 6.07) is 1.14. The lowest BCUT2D eigenvalue weighted by molar-refractivity contribution is -0.154. The van der Waals surface area contributed by atoms with E-state index in [4.69, 9.17) is 0 Å². The Labute approximate surface area is 106 Å². The third-order valence-corrected chi connectivity index (χ3v) is 2.08. The van der Waals surface area contributed by atoms with E-state index in [0.717, 1.165) is 0 Å². The number of hydrogen-bond acceptors (Lipinski definition) is 5. The molecule has 0 radical (unpaired) electrons. The molecule has 0 fully saturated rings. The zero-order valence-corrected chi connectivity index (χ0v) is 10.1. The van der Waals surface area contributed by atoms with Gasteiger partial charge in [0.1, 0.15) is 11.6 Å². The van der Waals surface area contributed by atoms with Crippen molar-refractivity contribution in [2.45, 2.75) is 20.0 Å². The monoisotopic (exact) mass is 273 g/mol. The summed E-state index contributed by atoms with van der Waals surface area (Å²) in [5.74, 6) is 1.40. The number of halogens is 3. The molecular weight excluding hydrogens is 263 g/mol. The third-order valence-electron chi connectivity index (χ3n) is 2.08. The average Bonchev–Trinajstić information content (AvgIpc) is 2.65. The Morgan fingerprint density at radius 1 is 1.26 bits per heavy atom. The standard InChI is InChI=1S/C10H10F3N5O/c1-6-15-7(2)18(17-6)8-3-4-14-9(16-8)19-5-10(11,12)13/h3-4H,5H2,1-2H3. The second kappa shape index (κ2) is 4.82. The summed E-state index contributed by atoms with van der Waals surface area (Å²) in [7, 11) is 0. The molecule has 0 saturated heterocycles. The molecule has 2 aromatic rings. The Bertz CT molecular complexity index is 581. The van der Waals surface area contributed by atoms with Gasteiger partial charge in [-0.3, -0.25) is 0 Å². The second-order valence-electron chi connectivity index (χ2n) is 3.72. The average molecular weight is 273 g/mol. The highest BCUT2D eigenvalue weighted by atomic mass is 19.4. The van der Waals surface area contributed by atoms with Crippen LogP contribution in [0.25, 0.3) is 5.82 Å². The fraction of sp³-hybridized carbons (Fsp3) is 0.400. The smallest absolute Gasteiger partial charge is 0.422 e. The van der Waals surface area contributed by atoms with Crippen LogP contribution < -0.4 is 4.74 Å². The lowest BCUT2D eigenvalue weighted by atomic mass is 10.5. The number of aryl methyl sites for hydroxylation is 2. The molecule has 0 bridgehead atoms. The van der Waals surface area contributed by atoms with Crippen LogP contribution in [-0.4, -0.2) is 37.5 Å². The van der Waals surface area contributed by atoms with Gasteiger partial charge in [-0.25, -0.2) is 9.97 Å². The second-order valence-corrected chi connectivity index (χ2v) is 3.72. The van der Waals surface area contributed by atoms with Gasteiger partial charge in [-0.2, -0.15) is 22.8 Å². The van der Waals surface area contributed by atoms with E-state index in [-0.39, 0.29) is 6.01 Å². The molecule has 0 atom stereocenters. The fourth-order valence-corrected chi connectivity index (χ4v) is 1.40. The molecule has 0 N–H and O–H groups in total. The minimum Gasteiger partial charge on any atom is -0.454 e. The van der Waals surface area contributed by atoms with E-state index in [1.807, 2.05) is 0 Å². The molecule has 0 aliphatic rings. The van der Waals surface area contributed by atoms with E-state index < -0.39 is 12.8 Å². The molecule has 2 rings (SSSR count). The zero-order valence-electron chi connectivity index (χ0n) is 10.1. The molecule has 2 aromatic heterocycles. The number of hydrogen-bond donors (Lipinski definition) is 0. The van der Waals surface area contributed by atoms with Crippen molar-refractivity contribution in [2.75, 3.05) is 6.61 Å². The zero-order chi connectivity index (χ0) is 14.0. The molecule has 2 heterocycles. The van der Waals surface area contributed by atoms with Crippen molar-refractivity contribution in [3.63, 3.8) is 0 Å². The topological polar surface area (TPSA) is 65.7 Å². The van der Waals surface area contributed by atoms with Crippen molar-refractivity contribution in [2.24, 2.45) is 0 Å². The van der Waals surface area contributed by atoms with E-state index >= 15 is 0 Å². The van der Waals surface area contributed by atoms with Crippen LogP contribution in [0.3, 0.4) is 0 Å². The highest BCUT2D eigenvalue weighted by Gasteiger charge is 2.29. The SMILES string of the molecule is Cc1nc(C)n(-c2ccnc(OCC(F)(F)F)n2)n1. The molecular formula is C10H10F3N5O. The fourth-order valence-electron chi connectivity index (χ4n) is 1.40. The minimum atomic E-state index is -4.43. The first-order valence-corrected chi connectivity index (χ1v) is 5.28. The van der Waals surface area contributed by atoms with Gasteiger partial charge in [-0.15, -0.1) is 5.10 Å². The van der Waals surface area contributed by atoms with Crippen molar-refractivity contribution in [1.82, 2.24) is 24.7 Å². The van der Waals surface area contributed by atoms with Crippen LogP contribution in [-0.2, 0) is 0 Å². The Morgan fingerprint density at radius 2 is 2.00 bits per heavy atom. The number of alkyl halides is 3. The van der Waals surface area contributed by atoms with E-state index in [1.54, 1.807) is 13.8 Å². The third kappa shape index (κ3) is 3.39. The van der Waals surface area contributed by atoms with Crippen molar-refractivity contribution in [3.05, 3.63) is 23.9 Å². The maximum absolute atomic E-state index is 12.0. The summed E-state index contributed by atoms with van der Waals surface area (Å²) >= 11 is 0. The van der Waals surface area contributed by atoms with Crippen molar-refractivity contribution in [1.29, 1.82) is 0 Å². The first-order valence-electron chi connectivity index (χ1n) is 5.28. The minimum absolute atomic E-state index is 0.297. The lowest BCUT2D eigenvalue weighted by Gasteiger charge is -2.08. The van der Waals surface area contributed by atoms with Crippen molar-refractivity contribution >= 4 is 0 Å². The van der Waals surface area contributed by atoms with Gasteiger partial charge in [-0.05, 0) is 13.8 Å². The van der Waals surface area contributed by atoms with E-state index in [1.165, 1.54) is 16.9 Å². The van der Waals surface area contributed by atoms with Gasteiger partial charge >= 0.3 is 12.2 Å². The molecule has 19 heavy (non-hydrogen) atoms. The summed E-state index contributed by atoms with van der Waals surface area (Å²) in [5.41, 5.74) is 0. The molecule has 9 heteroatoms. The first-order chi connectivity index (χ1) is 8.85. The van der Waals surface area contributed by atoms with Gasteiger partial charge in [0.25, 0.3) is 0 Å².